The number of likely N-dealkylation sites (tertiary alicyclic amines) is 1. The highest BCUT2D eigenvalue weighted by Gasteiger charge is 2.23. The van der Waals surface area contributed by atoms with Gasteiger partial charge in [-0.1, -0.05) is 12.1 Å². The number of piperidine rings is 1. The normalized spacial score (nSPS) is 19.0. The Hall–Kier alpha value is -1.37. The maximum absolute atomic E-state index is 8.97. The van der Waals surface area contributed by atoms with E-state index in [2.05, 4.69) is 24.0 Å². The molecule has 1 fully saturated rings. The van der Waals surface area contributed by atoms with Gasteiger partial charge < -0.3 is 4.74 Å². The van der Waals surface area contributed by atoms with Gasteiger partial charge in [0.1, 0.15) is 0 Å². The van der Waals surface area contributed by atoms with Gasteiger partial charge in [-0.3, -0.25) is 4.90 Å². The molecular formula is C16H22N2O. The molecule has 3 heteroatoms. The summed E-state index contributed by atoms with van der Waals surface area (Å²) in [6.07, 6.45) is 2.41. The molecule has 0 aliphatic carbocycles. The third-order valence-corrected chi connectivity index (χ3v) is 4.10. The first-order chi connectivity index (χ1) is 9.24. The molecule has 1 aliphatic rings. The SMILES string of the molecule is COCC1CCN([C@H](C)c2cccc(C#N)c2)CC1. The van der Waals surface area contributed by atoms with E-state index in [4.69, 9.17) is 10.00 Å². The van der Waals surface area contributed by atoms with Gasteiger partial charge in [0.05, 0.1) is 11.6 Å². The van der Waals surface area contributed by atoms with Gasteiger partial charge >= 0.3 is 0 Å². The fraction of sp³-hybridized carbons (Fsp3) is 0.562. The van der Waals surface area contributed by atoms with Crippen molar-refractivity contribution in [1.29, 1.82) is 5.26 Å². The largest absolute Gasteiger partial charge is 0.384 e. The zero-order valence-corrected chi connectivity index (χ0v) is 11.8. The second-order valence-corrected chi connectivity index (χ2v) is 5.35. The summed E-state index contributed by atoms with van der Waals surface area (Å²) < 4.78 is 5.24. The Kier molecular flexibility index (Phi) is 4.95. The minimum absolute atomic E-state index is 0.386. The molecule has 19 heavy (non-hydrogen) atoms. The van der Waals surface area contributed by atoms with Crippen molar-refractivity contribution in [2.24, 2.45) is 5.92 Å². The molecule has 1 atom stereocenters. The van der Waals surface area contributed by atoms with E-state index in [1.54, 1.807) is 7.11 Å². The van der Waals surface area contributed by atoms with Crippen molar-refractivity contribution >= 4 is 0 Å². The van der Waals surface area contributed by atoms with Crippen LogP contribution in [0.5, 0.6) is 0 Å². The minimum atomic E-state index is 0.386. The van der Waals surface area contributed by atoms with Crippen LogP contribution >= 0.6 is 0 Å². The lowest BCUT2D eigenvalue weighted by molar-refractivity contribution is 0.0833. The molecule has 0 spiro atoms. The topological polar surface area (TPSA) is 36.3 Å². The van der Waals surface area contributed by atoms with Crippen LogP contribution in [0.15, 0.2) is 24.3 Å². The molecule has 0 aromatic heterocycles. The number of hydrogen-bond donors (Lipinski definition) is 0. The van der Waals surface area contributed by atoms with E-state index in [1.807, 2.05) is 18.2 Å². The Bertz CT molecular complexity index is 444. The van der Waals surface area contributed by atoms with Gasteiger partial charge in [-0.15, -0.1) is 0 Å². The highest BCUT2D eigenvalue weighted by molar-refractivity contribution is 5.34. The Balaban J connectivity index is 1.97. The van der Waals surface area contributed by atoms with Crippen LogP contribution in [0.3, 0.4) is 0 Å². The van der Waals surface area contributed by atoms with Crippen molar-refractivity contribution in [3.63, 3.8) is 0 Å². The summed E-state index contributed by atoms with van der Waals surface area (Å²) in [6, 6.07) is 10.6. The van der Waals surface area contributed by atoms with E-state index in [9.17, 15) is 0 Å². The maximum Gasteiger partial charge on any atom is 0.0991 e. The van der Waals surface area contributed by atoms with Gasteiger partial charge in [0, 0.05) is 19.8 Å². The van der Waals surface area contributed by atoms with E-state index in [0.717, 1.165) is 25.3 Å². The molecule has 0 radical (unpaired) electrons. The molecule has 0 saturated carbocycles. The van der Waals surface area contributed by atoms with Crippen molar-refractivity contribution in [2.45, 2.75) is 25.8 Å². The number of benzene rings is 1. The molecular weight excluding hydrogens is 236 g/mol. The predicted octanol–water partition coefficient (Wildman–Crippen LogP) is 2.98. The van der Waals surface area contributed by atoms with Crippen molar-refractivity contribution in [3.05, 3.63) is 35.4 Å². The summed E-state index contributed by atoms with van der Waals surface area (Å²) >= 11 is 0. The molecule has 0 bridgehead atoms. The second-order valence-electron chi connectivity index (χ2n) is 5.35. The average Bonchev–Trinajstić information content (AvgIpc) is 2.48. The molecule has 1 saturated heterocycles. The summed E-state index contributed by atoms with van der Waals surface area (Å²) in [4.78, 5) is 2.50. The monoisotopic (exact) mass is 258 g/mol. The lowest BCUT2D eigenvalue weighted by atomic mass is 9.95. The number of nitrogens with zero attached hydrogens (tertiary/aromatic N) is 2. The Labute approximate surface area is 115 Å². The van der Waals surface area contributed by atoms with Gasteiger partial charge in [0.15, 0.2) is 0 Å². The number of hydrogen-bond acceptors (Lipinski definition) is 3. The van der Waals surface area contributed by atoms with E-state index < -0.39 is 0 Å². The van der Waals surface area contributed by atoms with Crippen LogP contribution in [0.2, 0.25) is 0 Å². The summed E-state index contributed by atoms with van der Waals surface area (Å²) in [5, 5.41) is 8.97. The van der Waals surface area contributed by atoms with Crippen LogP contribution in [-0.2, 0) is 4.74 Å². The number of rotatable bonds is 4. The molecule has 1 heterocycles. The Morgan fingerprint density at radius 3 is 2.79 bits per heavy atom. The van der Waals surface area contributed by atoms with E-state index in [0.29, 0.717) is 12.0 Å². The van der Waals surface area contributed by atoms with Crippen LogP contribution in [0.4, 0.5) is 0 Å². The van der Waals surface area contributed by atoms with E-state index in [-0.39, 0.29) is 0 Å². The maximum atomic E-state index is 8.97. The van der Waals surface area contributed by atoms with Crippen LogP contribution in [0.25, 0.3) is 0 Å². The van der Waals surface area contributed by atoms with Crippen molar-refractivity contribution in [1.82, 2.24) is 4.90 Å². The lowest BCUT2D eigenvalue weighted by Gasteiger charge is -2.36. The average molecular weight is 258 g/mol. The smallest absolute Gasteiger partial charge is 0.0991 e. The third-order valence-electron chi connectivity index (χ3n) is 4.10. The van der Waals surface area contributed by atoms with Gasteiger partial charge in [-0.05, 0) is 56.5 Å². The molecule has 1 aliphatic heterocycles. The lowest BCUT2D eigenvalue weighted by Crippen LogP contribution is -2.36. The molecule has 1 aromatic carbocycles. The minimum Gasteiger partial charge on any atom is -0.384 e. The predicted molar refractivity (Wildman–Crippen MR) is 75.7 cm³/mol. The second kappa shape index (κ2) is 6.70. The highest BCUT2D eigenvalue weighted by Crippen LogP contribution is 2.27. The quantitative estimate of drug-likeness (QED) is 0.833. The van der Waals surface area contributed by atoms with Gasteiger partial charge in [-0.25, -0.2) is 0 Å². The third kappa shape index (κ3) is 3.56. The van der Waals surface area contributed by atoms with Gasteiger partial charge in [0.2, 0.25) is 0 Å². The van der Waals surface area contributed by atoms with Crippen molar-refractivity contribution in [2.75, 3.05) is 26.8 Å². The van der Waals surface area contributed by atoms with Crippen molar-refractivity contribution < 1.29 is 4.74 Å². The highest BCUT2D eigenvalue weighted by atomic mass is 16.5. The van der Waals surface area contributed by atoms with Crippen LogP contribution in [-0.4, -0.2) is 31.7 Å². The zero-order valence-electron chi connectivity index (χ0n) is 11.8. The number of nitriles is 1. The number of ether oxygens (including phenoxy) is 1. The summed E-state index contributed by atoms with van der Waals surface area (Å²) in [5.41, 5.74) is 1.99. The fourth-order valence-electron chi connectivity index (χ4n) is 2.82. The summed E-state index contributed by atoms with van der Waals surface area (Å²) in [5.74, 6) is 0.707. The standard InChI is InChI=1S/C16H22N2O/c1-13(16-5-3-4-15(10-16)11-17)18-8-6-14(7-9-18)12-19-2/h3-5,10,13-14H,6-9,12H2,1-2H3/t13-/m1/s1. The molecule has 0 unspecified atom stereocenters. The first-order valence-corrected chi connectivity index (χ1v) is 6.97. The molecule has 2 rings (SSSR count). The van der Waals surface area contributed by atoms with Crippen molar-refractivity contribution in [3.8, 4) is 6.07 Å². The Morgan fingerprint density at radius 2 is 2.16 bits per heavy atom. The molecule has 3 nitrogen and oxygen atoms in total. The first kappa shape index (κ1) is 14.0. The van der Waals surface area contributed by atoms with Gasteiger partial charge in [-0.2, -0.15) is 5.26 Å². The number of methoxy groups -OCH3 is 1. The van der Waals surface area contributed by atoms with Crippen LogP contribution in [0.1, 0.15) is 36.9 Å². The molecule has 0 amide bonds. The zero-order chi connectivity index (χ0) is 13.7. The van der Waals surface area contributed by atoms with Crippen LogP contribution < -0.4 is 0 Å². The molecule has 1 aromatic rings. The Morgan fingerprint density at radius 1 is 1.42 bits per heavy atom. The van der Waals surface area contributed by atoms with Crippen LogP contribution in [0, 0.1) is 17.2 Å². The first-order valence-electron chi connectivity index (χ1n) is 6.97. The van der Waals surface area contributed by atoms with E-state index >= 15 is 0 Å². The molecule has 0 N–H and O–H groups in total. The molecule has 102 valence electrons. The summed E-state index contributed by atoms with van der Waals surface area (Å²) in [7, 11) is 1.78. The summed E-state index contributed by atoms with van der Waals surface area (Å²) in [6.45, 7) is 5.34. The van der Waals surface area contributed by atoms with Gasteiger partial charge in [0.25, 0.3) is 0 Å². The fourth-order valence-corrected chi connectivity index (χ4v) is 2.82. The van der Waals surface area contributed by atoms with E-state index in [1.165, 1.54) is 18.4 Å².